The van der Waals surface area contributed by atoms with E-state index in [0.717, 1.165) is 22.3 Å². The second kappa shape index (κ2) is 23.6. The third kappa shape index (κ3) is 16.6. The summed E-state index contributed by atoms with van der Waals surface area (Å²) < 4.78 is 38.0. The average molecular weight is 745 g/mol. The Morgan fingerprint density at radius 1 is 0.769 bits per heavy atom. The Bertz CT molecular complexity index is 1400. The Balaban J connectivity index is 1.27. The Kier molecular flexibility index (Phi) is 19.3. The number of rotatable bonds is 24. The number of ether oxygens (including phenoxy) is 7. The molecule has 0 fully saturated rings. The molecular formula is C38H52N2O11S. The van der Waals surface area contributed by atoms with Crippen LogP contribution in [0.15, 0.2) is 60.7 Å². The first-order chi connectivity index (χ1) is 25.0. The largest absolute Gasteiger partial charge is 0.460 e. The van der Waals surface area contributed by atoms with Crippen molar-refractivity contribution in [1.82, 2.24) is 10.6 Å². The smallest absolute Gasteiger partial charge is 0.407 e. The molecule has 52 heavy (non-hydrogen) atoms. The van der Waals surface area contributed by atoms with Crippen LogP contribution in [0.3, 0.4) is 0 Å². The minimum atomic E-state index is -0.989. The van der Waals surface area contributed by atoms with Gasteiger partial charge in [0.1, 0.15) is 24.9 Å². The van der Waals surface area contributed by atoms with Gasteiger partial charge in [0.2, 0.25) is 5.91 Å². The molecule has 1 aliphatic rings. The van der Waals surface area contributed by atoms with Gasteiger partial charge in [0.05, 0.1) is 65.2 Å². The number of carbonyl (C=O) groups is 4. The van der Waals surface area contributed by atoms with Crippen molar-refractivity contribution < 1.29 is 52.3 Å². The lowest BCUT2D eigenvalue weighted by Crippen LogP contribution is -2.44. The molecule has 0 radical (unpaired) electrons. The van der Waals surface area contributed by atoms with E-state index in [0.29, 0.717) is 46.2 Å². The van der Waals surface area contributed by atoms with Crippen molar-refractivity contribution in [2.45, 2.75) is 51.7 Å². The topological polar surface area (TPSA) is 157 Å². The van der Waals surface area contributed by atoms with Gasteiger partial charge >= 0.3 is 18.0 Å². The lowest BCUT2D eigenvalue weighted by atomic mass is 9.98. The average Bonchev–Trinajstić information content (AvgIpc) is 3.42. The summed E-state index contributed by atoms with van der Waals surface area (Å²) in [4.78, 5) is 48.6. The van der Waals surface area contributed by atoms with Crippen LogP contribution < -0.4 is 10.6 Å². The zero-order valence-electron chi connectivity index (χ0n) is 30.5. The molecular weight excluding hydrogens is 692 g/mol. The predicted molar refractivity (Wildman–Crippen MR) is 197 cm³/mol. The highest BCUT2D eigenvalue weighted by Gasteiger charge is 2.30. The van der Waals surface area contributed by atoms with Crippen molar-refractivity contribution in [3.05, 3.63) is 71.8 Å². The van der Waals surface area contributed by atoms with Crippen LogP contribution in [0.2, 0.25) is 0 Å². The van der Waals surface area contributed by atoms with Gasteiger partial charge in [-0.2, -0.15) is 0 Å². The lowest BCUT2D eigenvalue weighted by molar-refractivity contribution is -0.156. The zero-order chi connectivity index (χ0) is 37.6. The molecule has 0 unspecified atom stereocenters. The highest BCUT2D eigenvalue weighted by atomic mass is 32.2. The van der Waals surface area contributed by atoms with Gasteiger partial charge in [-0.15, -0.1) is 11.8 Å². The standard InChI is InChI=1S/C38H52N2O11S/c1-28(41)39-27-52-26-34(40-37(44)50-25-33-31-13-7-5-11-29(31)30-12-6-8-14-32(30)33)36(43)49-17-10-9-16-45-19-21-47-23-24-48-22-20-46-18-15-35(42)51-38(2,3)4/h5-14,33-34H,15-27H2,1-4H3,(H,39,41)(H,40,44)/b10-9+/t34-/m1/s1. The summed E-state index contributed by atoms with van der Waals surface area (Å²) in [5, 5.41) is 5.28. The normalized spacial score (nSPS) is 12.9. The first-order valence-corrected chi connectivity index (χ1v) is 18.5. The van der Waals surface area contributed by atoms with Crippen LogP contribution in [0.1, 0.15) is 51.2 Å². The number of alkyl carbamates (subject to hydrolysis) is 1. The minimum absolute atomic E-state index is 0.0139. The number of nitrogens with one attached hydrogen (secondary N) is 2. The third-order valence-electron chi connectivity index (χ3n) is 7.32. The van der Waals surface area contributed by atoms with Gasteiger partial charge in [-0.3, -0.25) is 9.59 Å². The number of benzene rings is 2. The Hall–Kier alpha value is -3.95. The molecule has 13 nitrogen and oxygen atoms in total. The molecule has 1 aliphatic carbocycles. The summed E-state index contributed by atoms with van der Waals surface area (Å²) in [7, 11) is 0. The molecule has 1 atom stereocenters. The number of fused-ring (bicyclic) bond motifs is 3. The fraction of sp³-hybridized carbons (Fsp3) is 0.526. The number of amides is 2. The number of hydrogen-bond acceptors (Lipinski definition) is 12. The van der Waals surface area contributed by atoms with Crippen LogP contribution in [-0.4, -0.2) is 113 Å². The highest BCUT2D eigenvalue weighted by Crippen LogP contribution is 2.44. The lowest BCUT2D eigenvalue weighted by Gasteiger charge is -2.19. The molecule has 2 aromatic rings. The third-order valence-corrected chi connectivity index (χ3v) is 8.23. The number of carbonyl (C=O) groups excluding carboxylic acids is 4. The molecule has 0 saturated heterocycles. The van der Waals surface area contributed by atoms with E-state index in [1.807, 2.05) is 57.2 Å². The molecule has 0 aromatic heterocycles. The van der Waals surface area contributed by atoms with Crippen molar-refractivity contribution in [2.24, 2.45) is 0 Å². The number of hydrogen-bond donors (Lipinski definition) is 2. The maximum atomic E-state index is 12.9. The summed E-state index contributed by atoms with van der Waals surface area (Å²) in [6.07, 6.45) is 2.84. The van der Waals surface area contributed by atoms with Crippen molar-refractivity contribution in [3.8, 4) is 11.1 Å². The van der Waals surface area contributed by atoms with Gasteiger partial charge in [-0.05, 0) is 49.1 Å². The van der Waals surface area contributed by atoms with Crippen molar-refractivity contribution in [1.29, 1.82) is 0 Å². The van der Waals surface area contributed by atoms with Gasteiger partial charge < -0.3 is 43.8 Å². The van der Waals surface area contributed by atoms with E-state index in [4.69, 9.17) is 33.2 Å². The van der Waals surface area contributed by atoms with E-state index in [9.17, 15) is 19.2 Å². The van der Waals surface area contributed by atoms with E-state index in [1.54, 1.807) is 12.2 Å². The van der Waals surface area contributed by atoms with Gasteiger partial charge in [-0.25, -0.2) is 9.59 Å². The van der Waals surface area contributed by atoms with Crippen LogP contribution in [0.5, 0.6) is 0 Å². The molecule has 0 aliphatic heterocycles. The Morgan fingerprint density at radius 3 is 1.92 bits per heavy atom. The summed E-state index contributed by atoms with van der Waals surface area (Å²) in [5.41, 5.74) is 3.90. The molecule has 0 bridgehead atoms. The molecule has 2 N–H and O–H groups in total. The fourth-order valence-corrected chi connectivity index (χ4v) is 5.88. The van der Waals surface area contributed by atoms with E-state index >= 15 is 0 Å². The number of esters is 2. The van der Waals surface area contributed by atoms with E-state index < -0.39 is 23.7 Å². The summed E-state index contributed by atoms with van der Waals surface area (Å²) >= 11 is 1.27. The van der Waals surface area contributed by atoms with E-state index in [2.05, 4.69) is 22.8 Å². The molecule has 14 heteroatoms. The van der Waals surface area contributed by atoms with Gasteiger partial charge in [0, 0.05) is 18.6 Å². The number of thioether (sulfide) groups is 1. The van der Waals surface area contributed by atoms with Crippen LogP contribution >= 0.6 is 11.8 Å². The maximum absolute atomic E-state index is 12.9. The SMILES string of the molecule is CC(=O)NCSC[C@@H](NC(=O)OCC1c2ccccc2-c2ccccc21)C(=O)OC/C=C/COCCOCCOCCOCCC(=O)OC(C)(C)C. The fourth-order valence-electron chi connectivity index (χ4n) is 5.01. The molecule has 0 heterocycles. The summed E-state index contributed by atoms with van der Waals surface area (Å²) in [5.74, 6) is -0.793. The van der Waals surface area contributed by atoms with E-state index in [1.165, 1.54) is 18.7 Å². The first kappa shape index (κ1) is 42.5. The molecule has 2 amide bonds. The second-order valence-electron chi connectivity index (χ2n) is 12.6. The molecule has 0 spiro atoms. The quantitative estimate of drug-likeness (QED) is 0.0507. The first-order valence-electron chi connectivity index (χ1n) is 17.3. The predicted octanol–water partition coefficient (Wildman–Crippen LogP) is 4.62. The monoisotopic (exact) mass is 744 g/mol. The van der Waals surface area contributed by atoms with Crippen molar-refractivity contribution in [3.63, 3.8) is 0 Å². The van der Waals surface area contributed by atoms with E-state index in [-0.39, 0.29) is 55.7 Å². The zero-order valence-corrected chi connectivity index (χ0v) is 31.3. The van der Waals surface area contributed by atoms with Crippen LogP contribution in [0.4, 0.5) is 4.79 Å². The molecule has 286 valence electrons. The molecule has 2 aromatic carbocycles. The van der Waals surface area contributed by atoms with Crippen LogP contribution in [-0.2, 0) is 47.5 Å². The van der Waals surface area contributed by atoms with Crippen molar-refractivity contribution in [2.75, 3.05) is 77.7 Å². The van der Waals surface area contributed by atoms with Crippen molar-refractivity contribution >= 4 is 35.7 Å². The molecule has 0 saturated carbocycles. The summed E-state index contributed by atoms with van der Waals surface area (Å²) in [6.45, 7) is 9.88. The van der Waals surface area contributed by atoms with Crippen LogP contribution in [0.25, 0.3) is 11.1 Å². The highest BCUT2D eigenvalue weighted by molar-refractivity contribution is 7.99. The van der Waals surface area contributed by atoms with Gasteiger partial charge in [0.25, 0.3) is 0 Å². The van der Waals surface area contributed by atoms with Crippen LogP contribution in [0, 0.1) is 0 Å². The van der Waals surface area contributed by atoms with Gasteiger partial charge in [0.15, 0.2) is 0 Å². The molecule has 3 rings (SSSR count). The Morgan fingerprint density at radius 2 is 1.33 bits per heavy atom. The maximum Gasteiger partial charge on any atom is 0.407 e. The minimum Gasteiger partial charge on any atom is -0.460 e. The Labute approximate surface area is 310 Å². The van der Waals surface area contributed by atoms with Gasteiger partial charge in [-0.1, -0.05) is 54.6 Å². The second-order valence-corrected chi connectivity index (χ2v) is 13.7. The summed E-state index contributed by atoms with van der Waals surface area (Å²) in [6, 6.07) is 15.1.